The van der Waals surface area contributed by atoms with Gasteiger partial charge in [0, 0.05) is 26.6 Å². The van der Waals surface area contributed by atoms with Crippen LogP contribution in [0.15, 0.2) is 30.3 Å². The first-order valence-electron chi connectivity index (χ1n) is 5.05. The highest BCUT2D eigenvalue weighted by Gasteiger charge is 2.13. The maximum Gasteiger partial charge on any atom is 0.194 e. The van der Waals surface area contributed by atoms with Crippen molar-refractivity contribution in [1.29, 1.82) is 0 Å². The number of anilines is 1. The number of benzene rings is 1. The van der Waals surface area contributed by atoms with E-state index in [9.17, 15) is 4.79 Å². The Balaban J connectivity index is 2.43. The molecule has 1 aromatic carbocycles. The van der Waals surface area contributed by atoms with Gasteiger partial charge < -0.3 is 5.73 Å². The number of thiophene rings is 1. The Morgan fingerprint density at radius 2 is 2.00 bits per heavy atom. The molecule has 16 heavy (non-hydrogen) atoms. The molecular formula is C13H13NOS. The summed E-state index contributed by atoms with van der Waals surface area (Å²) in [7, 11) is 0. The van der Waals surface area contributed by atoms with Crippen LogP contribution >= 0.6 is 11.3 Å². The lowest BCUT2D eigenvalue weighted by Gasteiger charge is -2.01. The highest BCUT2D eigenvalue weighted by molar-refractivity contribution is 7.12. The van der Waals surface area contributed by atoms with Crippen LogP contribution in [-0.2, 0) is 0 Å². The van der Waals surface area contributed by atoms with Gasteiger partial charge in [-0.15, -0.1) is 11.3 Å². The summed E-state index contributed by atoms with van der Waals surface area (Å²) >= 11 is 1.64. The Labute approximate surface area is 98.7 Å². The molecule has 0 bridgehead atoms. The predicted octanol–water partition coefficient (Wildman–Crippen LogP) is 3.18. The second kappa shape index (κ2) is 4.10. The second-order valence-electron chi connectivity index (χ2n) is 3.78. The minimum Gasteiger partial charge on any atom is -0.399 e. The maximum absolute atomic E-state index is 12.2. The summed E-state index contributed by atoms with van der Waals surface area (Å²) in [6.45, 7) is 3.98. The van der Waals surface area contributed by atoms with Gasteiger partial charge in [-0.05, 0) is 32.0 Å². The van der Waals surface area contributed by atoms with Crippen LogP contribution in [0, 0.1) is 13.8 Å². The largest absolute Gasteiger partial charge is 0.399 e. The van der Waals surface area contributed by atoms with Gasteiger partial charge in [0.1, 0.15) is 0 Å². The highest BCUT2D eigenvalue weighted by Crippen LogP contribution is 2.23. The number of ketones is 1. The number of hydrogen-bond donors (Lipinski definition) is 1. The smallest absolute Gasteiger partial charge is 0.194 e. The number of carbonyl (C=O) groups is 1. The van der Waals surface area contributed by atoms with Crippen LogP contribution in [-0.4, -0.2) is 5.78 Å². The standard InChI is InChI=1S/C13H13NOS/c1-8-6-12(9(2)16-8)13(15)10-4-3-5-11(14)7-10/h3-7H,14H2,1-2H3. The second-order valence-corrected chi connectivity index (χ2v) is 5.24. The van der Waals surface area contributed by atoms with Gasteiger partial charge in [-0.3, -0.25) is 4.79 Å². The molecule has 0 spiro atoms. The molecule has 1 aromatic heterocycles. The van der Waals surface area contributed by atoms with Crippen LogP contribution in [0.4, 0.5) is 5.69 Å². The van der Waals surface area contributed by atoms with Crippen LogP contribution in [0.3, 0.4) is 0 Å². The zero-order valence-corrected chi connectivity index (χ0v) is 10.1. The first kappa shape index (κ1) is 10.9. The molecule has 3 heteroatoms. The van der Waals surface area contributed by atoms with Crippen molar-refractivity contribution in [3.63, 3.8) is 0 Å². The minimum absolute atomic E-state index is 0.0501. The predicted molar refractivity (Wildman–Crippen MR) is 68.1 cm³/mol. The SMILES string of the molecule is Cc1cc(C(=O)c2cccc(N)c2)c(C)s1. The number of nitrogen functional groups attached to an aromatic ring is 1. The van der Waals surface area contributed by atoms with Gasteiger partial charge in [0.25, 0.3) is 0 Å². The molecule has 0 atom stereocenters. The van der Waals surface area contributed by atoms with Crippen molar-refractivity contribution in [2.24, 2.45) is 0 Å². The molecule has 0 unspecified atom stereocenters. The van der Waals surface area contributed by atoms with Crippen molar-refractivity contribution < 1.29 is 4.79 Å². The third-order valence-corrected chi connectivity index (χ3v) is 3.40. The molecular weight excluding hydrogens is 218 g/mol. The molecule has 0 fully saturated rings. The van der Waals surface area contributed by atoms with Gasteiger partial charge in [-0.25, -0.2) is 0 Å². The number of carbonyl (C=O) groups excluding carboxylic acids is 1. The normalized spacial score (nSPS) is 10.4. The van der Waals surface area contributed by atoms with E-state index in [0.29, 0.717) is 11.3 Å². The van der Waals surface area contributed by atoms with Gasteiger partial charge in [0.15, 0.2) is 5.78 Å². The lowest BCUT2D eigenvalue weighted by atomic mass is 10.0. The molecule has 0 saturated carbocycles. The fourth-order valence-corrected chi connectivity index (χ4v) is 2.61. The van der Waals surface area contributed by atoms with Crippen LogP contribution in [0.1, 0.15) is 25.7 Å². The zero-order chi connectivity index (χ0) is 11.7. The van der Waals surface area contributed by atoms with Crippen molar-refractivity contribution in [2.45, 2.75) is 13.8 Å². The summed E-state index contributed by atoms with van der Waals surface area (Å²) in [5, 5.41) is 0. The molecule has 0 radical (unpaired) electrons. The fraction of sp³-hybridized carbons (Fsp3) is 0.154. The van der Waals surface area contributed by atoms with Crippen molar-refractivity contribution in [3.05, 3.63) is 51.2 Å². The zero-order valence-electron chi connectivity index (χ0n) is 9.28. The average Bonchev–Trinajstić information content (AvgIpc) is 2.57. The number of rotatable bonds is 2. The minimum atomic E-state index is 0.0501. The Morgan fingerprint density at radius 3 is 2.56 bits per heavy atom. The number of hydrogen-bond acceptors (Lipinski definition) is 3. The quantitative estimate of drug-likeness (QED) is 0.637. The van der Waals surface area contributed by atoms with Crippen molar-refractivity contribution >= 4 is 22.8 Å². The number of nitrogens with two attached hydrogens (primary N) is 1. The van der Waals surface area contributed by atoms with E-state index in [-0.39, 0.29) is 5.78 Å². The molecule has 1 heterocycles. The number of aryl methyl sites for hydroxylation is 2. The van der Waals surface area contributed by atoms with Crippen molar-refractivity contribution in [2.75, 3.05) is 5.73 Å². The highest BCUT2D eigenvalue weighted by atomic mass is 32.1. The molecule has 0 aliphatic carbocycles. The average molecular weight is 231 g/mol. The first-order chi connectivity index (χ1) is 7.58. The molecule has 0 amide bonds. The van der Waals surface area contributed by atoms with Crippen molar-refractivity contribution in [1.82, 2.24) is 0 Å². The molecule has 82 valence electrons. The van der Waals surface area contributed by atoms with Gasteiger partial charge in [0.05, 0.1) is 0 Å². The van der Waals surface area contributed by atoms with Crippen LogP contribution < -0.4 is 5.73 Å². The summed E-state index contributed by atoms with van der Waals surface area (Å²) in [5.41, 5.74) is 7.73. The lowest BCUT2D eigenvalue weighted by Crippen LogP contribution is -2.01. The molecule has 2 rings (SSSR count). The van der Waals surface area contributed by atoms with E-state index < -0.39 is 0 Å². The third kappa shape index (κ3) is 1.99. The fourth-order valence-electron chi connectivity index (χ4n) is 1.69. The lowest BCUT2D eigenvalue weighted by molar-refractivity contribution is 0.103. The Morgan fingerprint density at radius 1 is 1.25 bits per heavy atom. The third-order valence-electron chi connectivity index (χ3n) is 2.43. The van der Waals surface area contributed by atoms with E-state index in [1.165, 1.54) is 0 Å². The summed E-state index contributed by atoms with van der Waals surface area (Å²) < 4.78 is 0. The molecule has 0 saturated heterocycles. The summed E-state index contributed by atoms with van der Waals surface area (Å²) in [6, 6.07) is 9.03. The van der Waals surface area contributed by atoms with Crippen molar-refractivity contribution in [3.8, 4) is 0 Å². The van der Waals surface area contributed by atoms with Gasteiger partial charge in [0.2, 0.25) is 0 Å². The molecule has 2 nitrogen and oxygen atoms in total. The Bertz CT molecular complexity index is 543. The van der Waals surface area contributed by atoms with E-state index in [4.69, 9.17) is 5.73 Å². The summed E-state index contributed by atoms with van der Waals surface area (Å²) in [6.07, 6.45) is 0. The van der Waals surface area contributed by atoms with E-state index >= 15 is 0 Å². The Hall–Kier alpha value is -1.61. The molecule has 0 aliphatic heterocycles. The van der Waals surface area contributed by atoms with Gasteiger partial charge >= 0.3 is 0 Å². The van der Waals surface area contributed by atoms with Crippen LogP contribution in [0.25, 0.3) is 0 Å². The molecule has 2 aromatic rings. The topological polar surface area (TPSA) is 43.1 Å². The molecule has 0 aliphatic rings. The first-order valence-corrected chi connectivity index (χ1v) is 5.87. The summed E-state index contributed by atoms with van der Waals surface area (Å²) in [4.78, 5) is 14.4. The Kier molecular flexibility index (Phi) is 2.79. The molecule has 2 N–H and O–H groups in total. The van der Waals surface area contributed by atoms with E-state index in [0.717, 1.165) is 15.3 Å². The maximum atomic E-state index is 12.2. The van der Waals surface area contributed by atoms with E-state index in [1.807, 2.05) is 19.9 Å². The van der Waals surface area contributed by atoms with Crippen LogP contribution in [0.2, 0.25) is 0 Å². The van der Waals surface area contributed by atoms with Gasteiger partial charge in [-0.1, -0.05) is 12.1 Å². The van der Waals surface area contributed by atoms with E-state index in [2.05, 4.69) is 0 Å². The monoisotopic (exact) mass is 231 g/mol. The summed E-state index contributed by atoms with van der Waals surface area (Å²) in [5.74, 6) is 0.0501. The van der Waals surface area contributed by atoms with Gasteiger partial charge in [-0.2, -0.15) is 0 Å². The van der Waals surface area contributed by atoms with Crippen LogP contribution in [0.5, 0.6) is 0 Å². The van der Waals surface area contributed by atoms with E-state index in [1.54, 1.807) is 35.6 Å².